The molecule has 2 aromatic carbocycles. The van der Waals surface area contributed by atoms with Crippen molar-refractivity contribution in [2.45, 2.75) is 0 Å². The molecular weight excluding hydrogens is 433 g/mol. The van der Waals surface area contributed by atoms with Gasteiger partial charge in [0.25, 0.3) is 0 Å². The van der Waals surface area contributed by atoms with Crippen molar-refractivity contribution >= 4 is 6.21 Å². The van der Waals surface area contributed by atoms with Crippen LogP contribution in [0.2, 0.25) is 0 Å². The van der Waals surface area contributed by atoms with E-state index >= 15 is 0 Å². The van der Waals surface area contributed by atoms with Gasteiger partial charge in [0.2, 0.25) is 0 Å². The van der Waals surface area contributed by atoms with Crippen LogP contribution >= 0.6 is 0 Å². The molecule has 2 aliphatic rings. The van der Waals surface area contributed by atoms with Gasteiger partial charge in [-0.15, -0.1) is 0 Å². The van der Waals surface area contributed by atoms with Gasteiger partial charge >= 0.3 is 0 Å². The molecule has 0 aromatic heterocycles. The number of hydrogen-bond donors (Lipinski definition) is 0. The van der Waals surface area contributed by atoms with Crippen LogP contribution in [0.3, 0.4) is 0 Å². The van der Waals surface area contributed by atoms with Crippen LogP contribution in [0.5, 0.6) is 11.5 Å². The summed E-state index contributed by atoms with van der Waals surface area (Å²) in [5.74, 6) is -1.82. The lowest BCUT2D eigenvalue weighted by atomic mass is 10.3. The van der Waals surface area contributed by atoms with Gasteiger partial charge < -0.3 is 19.3 Å². The Bertz CT molecular complexity index is 979. The fourth-order valence-electron chi connectivity index (χ4n) is 3.71. The van der Waals surface area contributed by atoms with Crippen molar-refractivity contribution in [3.05, 3.63) is 71.9 Å². The normalized spacial score (nSPS) is 16.6. The summed E-state index contributed by atoms with van der Waals surface area (Å²) in [5, 5.41) is 0. The Morgan fingerprint density at radius 3 is 2.33 bits per heavy atom. The predicted molar refractivity (Wildman–Crippen MR) is 120 cm³/mol. The van der Waals surface area contributed by atoms with E-state index in [0.29, 0.717) is 25.8 Å². The maximum atomic E-state index is 13.7. The Labute approximate surface area is 191 Å². The smallest absolute Gasteiger partial charge is 0.168 e. The van der Waals surface area contributed by atoms with E-state index in [1.807, 2.05) is 47.6 Å². The van der Waals surface area contributed by atoms with E-state index in [-0.39, 0.29) is 12.4 Å². The monoisotopic (exact) mass is 460 g/mol. The molecule has 0 unspecified atom stereocenters. The standard InChI is InChI=1S/C24H27F3N4O2/c25-20-16-22(27)23(17-21(20)26)33-15-13-30-7-6-28-24(18-30)31-10-8-29(9-11-31)12-14-32-19-4-2-1-3-5-19/h1-6,16-18H,7-15H2. The highest BCUT2D eigenvalue weighted by molar-refractivity contribution is 5.62. The minimum absolute atomic E-state index is 0.134. The number of para-hydroxylation sites is 1. The maximum absolute atomic E-state index is 13.7. The van der Waals surface area contributed by atoms with Gasteiger partial charge in [0.1, 0.15) is 24.8 Å². The van der Waals surface area contributed by atoms with Crippen molar-refractivity contribution in [1.29, 1.82) is 0 Å². The number of aliphatic imine (C=N–C) groups is 1. The highest BCUT2D eigenvalue weighted by atomic mass is 19.2. The summed E-state index contributed by atoms with van der Waals surface area (Å²) >= 11 is 0. The second-order valence-electron chi connectivity index (χ2n) is 7.83. The van der Waals surface area contributed by atoms with Gasteiger partial charge in [-0.1, -0.05) is 18.2 Å². The Kier molecular flexibility index (Phi) is 7.72. The molecular formula is C24H27F3N4O2. The zero-order valence-electron chi connectivity index (χ0n) is 18.3. The van der Waals surface area contributed by atoms with Crippen LogP contribution in [0.4, 0.5) is 13.2 Å². The lowest BCUT2D eigenvalue weighted by molar-refractivity contribution is 0.134. The van der Waals surface area contributed by atoms with Crippen LogP contribution in [0.1, 0.15) is 0 Å². The molecule has 176 valence electrons. The van der Waals surface area contributed by atoms with E-state index in [0.717, 1.165) is 50.4 Å². The molecule has 2 aromatic rings. The van der Waals surface area contributed by atoms with E-state index < -0.39 is 17.5 Å². The summed E-state index contributed by atoms with van der Waals surface area (Å²) in [7, 11) is 0. The topological polar surface area (TPSA) is 40.5 Å². The van der Waals surface area contributed by atoms with E-state index in [1.54, 1.807) is 0 Å². The summed E-state index contributed by atoms with van der Waals surface area (Å²) in [4.78, 5) is 11.1. The van der Waals surface area contributed by atoms with Crippen molar-refractivity contribution < 1.29 is 22.6 Å². The third-order valence-electron chi connectivity index (χ3n) is 5.56. The van der Waals surface area contributed by atoms with Crippen molar-refractivity contribution in [2.24, 2.45) is 4.99 Å². The maximum Gasteiger partial charge on any atom is 0.168 e. The molecule has 0 aliphatic carbocycles. The van der Waals surface area contributed by atoms with Crippen LogP contribution in [-0.2, 0) is 0 Å². The summed E-state index contributed by atoms with van der Waals surface area (Å²) in [6.45, 7) is 6.28. The van der Waals surface area contributed by atoms with Crippen molar-refractivity contribution in [2.75, 3.05) is 59.0 Å². The summed E-state index contributed by atoms with van der Waals surface area (Å²) in [6.07, 6.45) is 3.78. The number of rotatable bonds is 9. The molecule has 0 bridgehead atoms. The summed E-state index contributed by atoms with van der Waals surface area (Å²) in [5.41, 5.74) is 0. The van der Waals surface area contributed by atoms with Crippen LogP contribution in [0.25, 0.3) is 0 Å². The fraction of sp³-hybridized carbons (Fsp3) is 0.375. The van der Waals surface area contributed by atoms with E-state index in [1.165, 1.54) is 0 Å². The zero-order chi connectivity index (χ0) is 23.0. The van der Waals surface area contributed by atoms with Gasteiger partial charge in [-0.3, -0.25) is 4.90 Å². The molecule has 0 saturated carbocycles. The molecule has 6 nitrogen and oxygen atoms in total. The highest BCUT2D eigenvalue weighted by Gasteiger charge is 2.20. The Morgan fingerprint density at radius 1 is 0.818 bits per heavy atom. The van der Waals surface area contributed by atoms with Gasteiger partial charge in [-0.05, 0) is 12.1 Å². The van der Waals surface area contributed by atoms with E-state index in [4.69, 9.17) is 9.47 Å². The quantitative estimate of drug-likeness (QED) is 0.537. The lowest BCUT2D eigenvalue weighted by Gasteiger charge is -2.37. The first-order valence-corrected chi connectivity index (χ1v) is 11.0. The van der Waals surface area contributed by atoms with Gasteiger partial charge in [0, 0.05) is 57.3 Å². The van der Waals surface area contributed by atoms with Crippen LogP contribution in [-0.4, -0.2) is 79.9 Å². The molecule has 4 rings (SSSR count). The first kappa shape index (κ1) is 23.0. The summed E-state index contributed by atoms with van der Waals surface area (Å²) < 4.78 is 51.1. The number of hydrogen-bond acceptors (Lipinski definition) is 6. The number of piperazine rings is 1. The molecule has 0 spiro atoms. The molecule has 2 aliphatic heterocycles. The molecule has 0 atom stereocenters. The number of ether oxygens (including phenoxy) is 2. The number of benzene rings is 2. The SMILES string of the molecule is Fc1cc(F)c(OCCN2C=C(N3CCN(CCOc4ccccc4)CC3)N=CC2)cc1F. The van der Waals surface area contributed by atoms with Gasteiger partial charge in [0.05, 0.1) is 13.1 Å². The lowest BCUT2D eigenvalue weighted by Crippen LogP contribution is -2.47. The minimum Gasteiger partial charge on any atom is -0.492 e. The van der Waals surface area contributed by atoms with Gasteiger partial charge in [0.15, 0.2) is 23.2 Å². The Morgan fingerprint density at radius 2 is 1.55 bits per heavy atom. The molecule has 1 fully saturated rings. The van der Waals surface area contributed by atoms with Crippen LogP contribution in [0, 0.1) is 17.5 Å². The van der Waals surface area contributed by atoms with Crippen LogP contribution < -0.4 is 9.47 Å². The Hall–Kier alpha value is -3.20. The van der Waals surface area contributed by atoms with E-state index in [9.17, 15) is 13.2 Å². The first-order chi connectivity index (χ1) is 16.1. The molecule has 33 heavy (non-hydrogen) atoms. The highest BCUT2D eigenvalue weighted by Crippen LogP contribution is 2.21. The molecule has 0 N–H and O–H groups in total. The number of nitrogens with zero attached hydrogens (tertiary/aromatic N) is 4. The summed E-state index contributed by atoms with van der Waals surface area (Å²) in [6, 6.07) is 11.0. The van der Waals surface area contributed by atoms with Crippen molar-refractivity contribution in [3.63, 3.8) is 0 Å². The molecule has 0 amide bonds. The molecule has 0 radical (unpaired) electrons. The van der Waals surface area contributed by atoms with E-state index in [2.05, 4.69) is 14.8 Å². The molecule has 1 saturated heterocycles. The largest absolute Gasteiger partial charge is 0.492 e. The van der Waals surface area contributed by atoms with Crippen molar-refractivity contribution in [3.8, 4) is 11.5 Å². The second kappa shape index (κ2) is 11.1. The van der Waals surface area contributed by atoms with Gasteiger partial charge in [-0.2, -0.15) is 0 Å². The molecule has 9 heteroatoms. The average Bonchev–Trinajstić information content (AvgIpc) is 2.84. The second-order valence-corrected chi connectivity index (χ2v) is 7.83. The molecule has 2 heterocycles. The third-order valence-corrected chi connectivity index (χ3v) is 5.56. The minimum atomic E-state index is -1.23. The van der Waals surface area contributed by atoms with Gasteiger partial charge in [-0.25, -0.2) is 18.2 Å². The Balaban J connectivity index is 1.20. The average molecular weight is 461 g/mol. The zero-order valence-corrected chi connectivity index (χ0v) is 18.3. The van der Waals surface area contributed by atoms with Crippen LogP contribution in [0.15, 0.2) is 59.5 Å². The van der Waals surface area contributed by atoms with Crippen molar-refractivity contribution in [1.82, 2.24) is 14.7 Å². The number of halogens is 3. The predicted octanol–water partition coefficient (Wildman–Crippen LogP) is 3.36. The first-order valence-electron chi connectivity index (χ1n) is 11.0. The fourth-order valence-corrected chi connectivity index (χ4v) is 3.71. The third kappa shape index (κ3) is 6.41.